The van der Waals surface area contributed by atoms with E-state index in [1.54, 1.807) is 13.8 Å². The Bertz CT molecular complexity index is 488. The summed E-state index contributed by atoms with van der Waals surface area (Å²) < 4.78 is 39.4. The first-order valence-electron chi connectivity index (χ1n) is 5.12. The quantitative estimate of drug-likeness (QED) is 0.842. The summed E-state index contributed by atoms with van der Waals surface area (Å²) >= 11 is 5.59. The molecule has 0 spiro atoms. The van der Waals surface area contributed by atoms with Crippen LogP contribution in [0.25, 0.3) is 0 Å². The smallest absolute Gasteiger partial charge is 0.207 e. The summed E-state index contributed by atoms with van der Waals surface area (Å²) in [5.41, 5.74) is -0.660. The molecule has 0 heterocycles. The first-order chi connectivity index (χ1) is 7.77. The second kappa shape index (κ2) is 5.33. The van der Waals surface area contributed by atoms with E-state index in [2.05, 4.69) is 4.72 Å². The van der Waals surface area contributed by atoms with Crippen molar-refractivity contribution in [2.24, 2.45) is 0 Å². The van der Waals surface area contributed by atoms with Crippen LogP contribution in [0.2, 0.25) is 0 Å². The van der Waals surface area contributed by atoms with Crippen LogP contribution < -0.4 is 4.72 Å². The van der Waals surface area contributed by atoms with Crippen molar-refractivity contribution >= 4 is 21.6 Å². The fraction of sp³-hybridized carbons (Fsp3) is 0.455. The van der Waals surface area contributed by atoms with Crippen LogP contribution in [0.4, 0.5) is 4.39 Å². The minimum absolute atomic E-state index is 0.0832. The monoisotopic (exact) mass is 279 g/mol. The van der Waals surface area contributed by atoms with Crippen molar-refractivity contribution in [3.8, 4) is 0 Å². The molecule has 0 saturated heterocycles. The van der Waals surface area contributed by atoms with E-state index in [-0.39, 0.29) is 4.90 Å². The number of sulfonamides is 1. The highest BCUT2D eigenvalue weighted by Gasteiger charge is 2.25. The maximum absolute atomic E-state index is 13.0. The highest BCUT2D eigenvalue weighted by Crippen LogP contribution is 2.16. The molecule has 96 valence electrons. The van der Waals surface area contributed by atoms with Crippen LogP contribution in [-0.2, 0) is 10.0 Å². The Hall–Kier alpha value is -0.650. The SMILES string of the molecule is CC(C)(CCCl)NS(=O)(=O)c1cccc(F)c1. The average molecular weight is 280 g/mol. The lowest BCUT2D eigenvalue weighted by atomic mass is 10.0. The standard InChI is InChI=1S/C11H15ClFNO2S/c1-11(2,6-7-12)14-17(15,16)10-5-3-4-9(13)8-10/h3-5,8,14H,6-7H2,1-2H3. The summed E-state index contributed by atoms with van der Waals surface area (Å²) in [4.78, 5) is -0.0832. The van der Waals surface area contributed by atoms with Gasteiger partial charge in [0.25, 0.3) is 0 Å². The molecule has 0 aliphatic heterocycles. The molecule has 0 unspecified atom stereocenters. The summed E-state index contributed by atoms with van der Waals surface area (Å²) in [5.74, 6) is -0.235. The third kappa shape index (κ3) is 4.26. The van der Waals surface area contributed by atoms with E-state index in [0.29, 0.717) is 12.3 Å². The molecule has 1 aromatic rings. The molecular weight excluding hydrogens is 265 g/mol. The van der Waals surface area contributed by atoms with Gasteiger partial charge in [0, 0.05) is 11.4 Å². The Labute approximate surface area is 106 Å². The number of rotatable bonds is 5. The van der Waals surface area contributed by atoms with Gasteiger partial charge < -0.3 is 0 Å². The van der Waals surface area contributed by atoms with E-state index >= 15 is 0 Å². The molecule has 0 aliphatic rings. The van der Waals surface area contributed by atoms with Crippen molar-refractivity contribution in [1.29, 1.82) is 0 Å². The Kier molecular flexibility index (Phi) is 4.52. The van der Waals surface area contributed by atoms with Crippen LogP contribution in [-0.4, -0.2) is 19.8 Å². The molecule has 0 bridgehead atoms. The molecule has 0 saturated carbocycles. The highest BCUT2D eigenvalue weighted by molar-refractivity contribution is 7.89. The summed E-state index contributed by atoms with van der Waals surface area (Å²) in [6.07, 6.45) is 0.489. The van der Waals surface area contributed by atoms with E-state index in [0.717, 1.165) is 6.07 Å². The van der Waals surface area contributed by atoms with Crippen LogP contribution in [0.1, 0.15) is 20.3 Å². The number of hydrogen-bond acceptors (Lipinski definition) is 2. The van der Waals surface area contributed by atoms with E-state index in [4.69, 9.17) is 11.6 Å². The Balaban J connectivity index is 2.97. The number of hydrogen-bond donors (Lipinski definition) is 1. The van der Waals surface area contributed by atoms with Crippen LogP contribution in [0, 0.1) is 5.82 Å². The molecule has 0 radical (unpaired) electrons. The zero-order valence-electron chi connectivity index (χ0n) is 9.70. The molecule has 1 N–H and O–H groups in total. The number of alkyl halides is 1. The second-order valence-corrected chi connectivity index (χ2v) is 6.45. The van der Waals surface area contributed by atoms with Gasteiger partial charge in [-0.05, 0) is 38.5 Å². The van der Waals surface area contributed by atoms with Crippen molar-refractivity contribution in [2.45, 2.75) is 30.7 Å². The minimum atomic E-state index is -3.71. The lowest BCUT2D eigenvalue weighted by molar-refractivity contribution is 0.441. The molecule has 3 nitrogen and oxygen atoms in total. The molecule has 0 aromatic heterocycles. The first-order valence-corrected chi connectivity index (χ1v) is 7.14. The lowest BCUT2D eigenvalue weighted by Crippen LogP contribution is -2.43. The van der Waals surface area contributed by atoms with Gasteiger partial charge in [-0.1, -0.05) is 6.07 Å². The second-order valence-electron chi connectivity index (χ2n) is 4.39. The normalized spacial score (nSPS) is 12.7. The van der Waals surface area contributed by atoms with E-state index in [1.807, 2.05) is 0 Å². The number of nitrogens with one attached hydrogen (secondary N) is 1. The van der Waals surface area contributed by atoms with Gasteiger partial charge in [-0.2, -0.15) is 0 Å². The van der Waals surface area contributed by atoms with Crippen LogP contribution >= 0.6 is 11.6 Å². The Morgan fingerprint density at radius 2 is 2.06 bits per heavy atom. The largest absolute Gasteiger partial charge is 0.241 e. The zero-order valence-corrected chi connectivity index (χ0v) is 11.3. The van der Waals surface area contributed by atoms with E-state index < -0.39 is 21.4 Å². The van der Waals surface area contributed by atoms with E-state index in [9.17, 15) is 12.8 Å². The highest BCUT2D eigenvalue weighted by atomic mass is 35.5. The zero-order chi connectivity index (χ0) is 13.1. The molecule has 1 aromatic carbocycles. The van der Waals surface area contributed by atoms with Gasteiger partial charge in [0.15, 0.2) is 0 Å². The van der Waals surface area contributed by atoms with Crippen molar-refractivity contribution in [3.05, 3.63) is 30.1 Å². The maximum atomic E-state index is 13.0. The third-order valence-corrected chi connectivity index (χ3v) is 4.12. The molecule has 0 atom stereocenters. The molecule has 1 rings (SSSR count). The molecule has 6 heteroatoms. The van der Waals surface area contributed by atoms with E-state index in [1.165, 1.54) is 18.2 Å². The van der Waals surface area contributed by atoms with Gasteiger partial charge in [-0.15, -0.1) is 11.6 Å². The minimum Gasteiger partial charge on any atom is -0.207 e. The van der Waals surface area contributed by atoms with Crippen LogP contribution in [0.3, 0.4) is 0 Å². The van der Waals surface area contributed by atoms with Crippen molar-refractivity contribution < 1.29 is 12.8 Å². The van der Waals surface area contributed by atoms with Gasteiger partial charge >= 0.3 is 0 Å². The maximum Gasteiger partial charge on any atom is 0.241 e. The third-order valence-electron chi connectivity index (χ3n) is 2.24. The van der Waals surface area contributed by atoms with Crippen molar-refractivity contribution in [3.63, 3.8) is 0 Å². The van der Waals surface area contributed by atoms with Gasteiger partial charge in [0.05, 0.1) is 4.90 Å². The molecule has 0 fully saturated rings. The van der Waals surface area contributed by atoms with Gasteiger partial charge in [-0.25, -0.2) is 17.5 Å². The van der Waals surface area contributed by atoms with Crippen molar-refractivity contribution in [1.82, 2.24) is 4.72 Å². The number of halogens is 2. The van der Waals surface area contributed by atoms with Crippen molar-refractivity contribution in [2.75, 3.05) is 5.88 Å². The fourth-order valence-corrected chi connectivity index (χ4v) is 3.29. The molecular formula is C11H15ClFNO2S. The molecule has 0 amide bonds. The summed E-state index contributed by atoms with van der Waals surface area (Å²) in [6.45, 7) is 3.46. The van der Waals surface area contributed by atoms with Gasteiger partial charge in [-0.3, -0.25) is 0 Å². The van der Waals surface area contributed by atoms with Crippen LogP contribution in [0.5, 0.6) is 0 Å². The predicted octanol–water partition coefficient (Wildman–Crippen LogP) is 2.51. The summed E-state index contributed by atoms with van der Waals surface area (Å²) in [5, 5.41) is 0. The Morgan fingerprint density at radius 1 is 1.41 bits per heavy atom. The first kappa shape index (κ1) is 14.4. The van der Waals surface area contributed by atoms with Gasteiger partial charge in [0.1, 0.15) is 5.82 Å². The Morgan fingerprint density at radius 3 is 2.59 bits per heavy atom. The lowest BCUT2D eigenvalue weighted by Gasteiger charge is -2.24. The predicted molar refractivity (Wildman–Crippen MR) is 66.1 cm³/mol. The van der Waals surface area contributed by atoms with Crippen LogP contribution in [0.15, 0.2) is 29.2 Å². The molecule has 0 aliphatic carbocycles. The molecule has 17 heavy (non-hydrogen) atoms. The van der Waals surface area contributed by atoms with Gasteiger partial charge in [0.2, 0.25) is 10.0 Å². The topological polar surface area (TPSA) is 46.2 Å². The summed E-state index contributed by atoms with van der Waals surface area (Å²) in [7, 11) is -3.71. The average Bonchev–Trinajstić information content (AvgIpc) is 2.15. The number of benzene rings is 1. The summed E-state index contributed by atoms with van der Waals surface area (Å²) in [6, 6.07) is 4.89. The fourth-order valence-electron chi connectivity index (χ4n) is 1.34.